The topological polar surface area (TPSA) is 42.2 Å². The number of benzene rings is 1. The van der Waals surface area contributed by atoms with Gasteiger partial charge in [0.15, 0.2) is 13.9 Å². The molecule has 1 aromatic rings. The summed E-state index contributed by atoms with van der Waals surface area (Å²) < 4.78 is 11.4. The molecule has 0 fully saturated rings. The van der Waals surface area contributed by atoms with Crippen molar-refractivity contribution in [2.45, 2.75) is 38.1 Å². The van der Waals surface area contributed by atoms with E-state index in [9.17, 15) is 5.26 Å². The summed E-state index contributed by atoms with van der Waals surface area (Å²) in [6, 6.07) is 8.39. The van der Waals surface area contributed by atoms with Crippen LogP contribution in [0.1, 0.15) is 11.1 Å². The molecule has 0 amide bonds. The van der Waals surface area contributed by atoms with E-state index in [4.69, 9.17) is 9.16 Å². The first-order valence-corrected chi connectivity index (χ1v) is 9.55. The molecular formula is C14H19NO2Si. The SMILES string of the molecule is COc1ccc2c(c1)CC(C#N)(O[Si](C)(C)C)C2. The molecule has 18 heavy (non-hydrogen) atoms. The van der Waals surface area contributed by atoms with Gasteiger partial charge in [-0.15, -0.1) is 0 Å². The number of nitriles is 1. The standard InChI is InChI=1S/C14H19NO2Si/c1-16-13-6-5-11-8-14(10-15,9-12(11)7-13)17-18(2,3)4/h5-7H,8-9H2,1-4H3. The lowest BCUT2D eigenvalue weighted by atomic mass is 10.0. The zero-order valence-electron chi connectivity index (χ0n) is 11.4. The van der Waals surface area contributed by atoms with Crippen molar-refractivity contribution in [1.82, 2.24) is 0 Å². The summed E-state index contributed by atoms with van der Waals surface area (Å²) in [5.41, 5.74) is 1.71. The molecule has 0 aromatic heterocycles. The van der Waals surface area contributed by atoms with Gasteiger partial charge in [0.1, 0.15) is 5.75 Å². The summed E-state index contributed by atoms with van der Waals surface area (Å²) in [5, 5.41) is 9.49. The lowest BCUT2D eigenvalue weighted by Gasteiger charge is -2.29. The van der Waals surface area contributed by atoms with Crippen molar-refractivity contribution in [3.8, 4) is 11.8 Å². The van der Waals surface area contributed by atoms with Crippen LogP contribution in [0.2, 0.25) is 19.6 Å². The van der Waals surface area contributed by atoms with Crippen molar-refractivity contribution in [3.63, 3.8) is 0 Å². The van der Waals surface area contributed by atoms with Crippen molar-refractivity contribution < 1.29 is 9.16 Å². The van der Waals surface area contributed by atoms with Crippen LogP contribution in [-0.4, -0.2) is 21.0 Å². The zero-order chi connectivity index (χ0) is 13.4. The van der Waals surface area contributed by atoms with Gasteiger partial charge < -0.3 is 9.16 Å². The van der Waals surface area contributed by atoms with Gasteiger partial charge in [0.2, 0.25) is 0 Å². The highest BCUT2D eigenvalue weighted by Gasteiger charge is 2.41. The van der Waals surface area contributed by atoms with Gasteiger partial charge in [-0.25, -0.2) is 0 Å². The van der Waals surface area contributed by atoms with Crippen LogP contribution in [0.25, 0.3) is 0 Å². The first-order valence-electron chi connectivity index (χ1n) is 6.15. The van der Waals surface area contributed by atoms with Crippen molar-refractivity contribution in [2.24, 2.45) is 0 Å². The van der Waals surface area contributed by atoms with Gasteiger partial charge in [-0.05, 0) is 42.9 Å². The third-order valence-electron chi connectivity index (χ3n) is 3.07. The van der Waals surface area contributed by atoms with Crippen LogP contribution in [-0.2, 0) is 17.3 Å². The molecule has 2 rings (SSSR count). The van der Waals surface area contributed by atoms with Crippen LogP contribution in [0.4, 0.5) is 0 Å². The minimum Gasteiger partial charge on any atom is -0.497 e. The maximum absolute atomic E-state index is 9.49. The quantitative estimate of drug-likeness (QED) is 0.786. The van der Waals surface area contributed by atoms with E-state index in [0.29, 0.717) is 12.8 Å². The van der Waals surface area contributed by atoms with Gasteiger partial charge in [-0.1, -0.05) is 6.07 Å². The van der Waals surface area contributed by atoms with E-state index in [-0.39, 0.29) is 0 Å². The second-order valence-electron chi connectivity index (χ2n) is 5.81. The molecule has 0 aliphatic heterocycles. The fourth-order valence-electron chi connectivity index (χ4n) is 2.50. The summed E-state index contributed by atoms with van der Waals surface area (Å²) in [6.07, 6.45) is 1.35. The van der Waals surface area contributed by atoms with Crippen LogP contribution < -0.4 is 4.74 Å². The highest BCUT2D eigenvalue weighted by molar-refractivity contribution is 6.69. The number of hydrogen-bond acceptors (Lipinski definition) is 3. The molecule has 4 heteroatoms. The Balaban J connectivity index is 2.29. The molecule has 1 aromatic carbocycles. The van der Waals surface area contributed by atoms with E-state index in [1.807, 2.05) is 18.2 Å². The van der Waals surface area contributed by atoms with Crippen molar-refractivity contribution in [2.75, 3.05) is 7.11 Å². The Bertz CT molecular complexity index is 501. The number of rotatable bonds is 3. The fraction of sp³-hybridized carbons (Fsp3) is 0.500. The molecule has 0 N–H and O–H groups in total. The number of ether oxygens (including phenoxy) is 1. The molecule has 96 valence electrons. The van der Waals surface area contributed by atoms with Gasteiger partial charge in [-0.2, -0.15) is 5.26 Å². The molecule has 1 aliphatic carbocycles. The molecule has 0 bridgehead atoms. The number of hydrogen-bond donors (Lipinski definition) is 0. The summed E-state index contributed by atoms with van der Waals surface area (Å²) in [7, 11) is -0.0708. The Morgan fingerprint density at radius 3 is 2.44 bits per heavy atom. The first kappa shape index (κ1) is 13.1. The van der Waals surface area contributed by atoms with Crippen LogP contribution in [0.3, 0.4) is 0 Å². The molecule has 0 heterocycles. The third-order valence-corrected chi connectivity index (χ3v) is 4.07. The van der Waals surface area contributed by atoms with Gasteiger partial charge in [0, 0.05) is 12.8 Å². The molecule has 0 saturated heterocycles. The van der Waals surface area contributed by atoms with Crippen molar-refractivity contribution >= 4 is 8.32 Å². The molecule has 1 aliphatic rings. The van der Waals surface area contributed by atoms with Crippen LogP contribution >= 0.6 is 0 Å². The van der Waals surface area contributed by atoms with E-state index in [1.54, 1.807) is 7.11 Å². The second-order valence-corrected chi connectivity index (χ2v) is 10.2. The zero-order valence-corrected chi connectivity index (χ0v) is 12.4. The first-order chi connectivity index (χ1) is 8.37. The minimum atomic E-state index is -1.73. The van der Waals surface area contributed by atoms with E-state index in [1.165, 1.54) is 11.1 Å². The molecule has 0 radical (unpaired) electrons. The Kier molecular flexibility index (Phi) is 3.22. The Labute approximate surface area is 109 Å². The Morgan fingerprint density at radius 2 is 1.89 bits per heavy atom. The lowest BCUT2D eigenvalue weighted by Crippen LogP contribution is -2.42. The van der Waals surface area contributed by atoms with Gasteiger partial charge in [-0.3, -0.25) is 0 Å². The molecule has 3 nitrogen and oxygen atoms in total. The number of fused-ring (bicyclic) bond motifs is 1. The predicted octanol–water partition coefficient (Wildman–Crippen LogP) is 2.91. The largest absolute Gasteiger partial charge is 0.497 e. The average Bonchev–Trinajstić information content (AvgIpc) is 2.63. The van der Waals surface area contributed by atoms with Crippen LogP contribution in [0.5, 0.6) is 5.75 Å². The van der Waals surface area contributed by atoms with Crippen molar-refractivity contribution in [3.05, 3.63) is 29.3 Å². The van der Waals surface area contributed by atoms with E-state index in [2.05, 4.69) is 25.7 Å². The fourth-order valence-corrected chi connectivity index (χ4v) is 3.87. The molecular weight excluding hydrogens is 242 g/mol. The Hall–Kier alpha value is -1.31. The Morgan fingerprint density at radius 1 is 1.22 bits per heavy atom. The van der Waals surface area contributed by atoms with E-state index in [0.717, 1.165) is 5.75 Å². The minimum absolute atomic E-state index is 0.667. The van der Waals surface area contributed by atoms with Gasteiger partial charge >= 0.3 is 0 Å². The maximum Gasteiger partial charge on any atom is 0.185 e. The predicted molar refractivity (Wildman–Crippen MR) is 73.2 cm³/mol. The monoisotopic (exact) mass is 261 g/mol. The van der Waals surface area contributed by atoms with Crippen molar-refractivity contribution in [1.29, 1.82) is 5.26 Å². The van der Waals surface area contributed by atoms with Gasteiger partial charge in [0.05, 0.1) is 13.2 Å². The summed E-state index contributed by atoms with van der Waals surface area (Å²) in [4.78, 5) is 0. The van der Waals surface area contributed by atoms with Crippen LogP contribution in [0.15, 0.2) is 18.2 Å². The normalized spacial score (nSPS) is 22.4. The number of nitrogens with zero attached hydrogens (tertiary/aromatic N) is 1. The summed E-state index contributed by atoms with van der Waals surface area (Å²) in [5.74, 6) is 0.843. The molecule has 0 spiro atoms. The van der Waals surface area contributed by atoms with Crippen LogP contribution in [0, 0.1) is 11.3 Å². The highest BCUT2D eigenvalue weighted by atomic mass is 28.4. The molecule has 1 unspecified atom stereocenters. The van der Waals surface area contributed by atoms with Gasteiger partial charge in [0.25, 0.3) is 0 Å². The smallest absolute Gasteiger partial charge is 0.185 e. The average molecular weight is 261 g/mol. The van der Waals surface area contributed by atoms with E-state index >= 15 is 0 Å². The second kappa shape index (κ2) is 4.41. The lowest BCUT2D eigenvalue weighted by molar-refractivity contribution is 0.132. The molecule has 0 saturated carbocycles. The van der Waals surface area contributed by atoms with E-state index < -0.39 is 13.9 Å². The molecule has 1 atom stereocenters. The number of methoxy groups -OCH3 is 1. The summed E-state index contributed by atoms with van der Waals surface area (Å²) in [6.45, 7) is 6.36. The maximum atomic E-state index is 9.49. The highest BCUT2D eigenvalue weighted by Crippen LogP contribution is 2.36. The third kappa shape index (κ3) is 2.58. The summed E-state index contributed by atoms with van der Waals surface area (Å²) >= 11 is 0.